The van der Waals surface area contributed by atoms with Crippen molar-refractivity contribution in [2.24, 2.45) is 0 Å². The number of carbonyl (C=O) groups is 6. The van der Waals surface area contributed by atoms with Crippen LogP contribution in [-0.4, -0.2) is 112 Å². The van der Waals surface area contributed by atoms with E-state index in [4.69, 9.17) is 29.1 Å². The van der Waals surface area contributed by atoms with E-state index in [0.717, 1.165) is 70.6 Å². The third-order valence-corrected chi connectivity index (χ3v) is 8.46. The maximum Gasteiger partial charge on any atom is 0.504 e. The van der Waals surface area contributed by atoms with E-state index in [1.54, 1.807) is 0 Å². The number of esters is 4. The molecular formula is C50H108O19P+. The van der Waals surface area contributed by atoms with Gasteiger partial charge in [0.15, 0.2) is 6.66 Å². The van der Waals surface area contributed by atoms with Gasteiger partial charge in [0.2, 0.25) is 0 Å². The zero-order chi connectivity index (χ0) is 47.4. The van der Waals surface area contributed by atoms with Crippen molar-refractivity contribution in [3.05, 3.63) is 0 Å². The van der Waals surface area contributed by atoms with Crippen LogP contribution in [0.15, 0.2) is 0 Å². The zero-order valence-electron chi connectivity index (χ0n) is 38.6. The van der Waals surface area contributed by atoms with Crippen molar-refractivity contribution >= 4 is 43.8 Å². The summed E-state index contributed by atoms with van der Waals surface area (Å²) in [4.78, 5) is 87.8. The van der Waals surface area contributed by atoms with Crippen LogP contribution in [0.2, 0.25) is 0 Å². The first-order valence-electron chi connectivity index (χ1n) is 22.6. The monoisotopic (exact) mass is 1040 g/mol. The fraction of sp³-hybridized carbons (Fsp3) is 0.880. The number of carbonyl (C=O) groups excluding carboxylic acids is 6. The molecule has 2 fully saturated rings. The Morgan fingerprint density at radius 2 is 0.871 bits per heavy atom. The van der Waals surface area contributed by atoms with Gasteiger partial charge in [-0.2, -0.15) is 9.78 Å². The number of ether oxygens (including phenoxy) is 4. The summed E-state index contributed by atoms with van der Waals surface area (Å²) in [5, 5.41) is 16.1. The molecule has 19 nitrogen and oxygen atoms in total. The second-order valence-corrected chi connectivity index (χ2v) is 15.2. The predicted molar refractivity (Wildman–Crippen MR) is 278 cm³/mol. The quantitative estimate of drug-likeness (QED) is 0.0169. The molecule has 20 heteroatoms. The lowest BCUT2D eigenvalue weighted by molar-refractivity contribution is -0.272. The number of rotatable bonds is 30. The summed E-state index contributed by atoms with van der Waals surface area (Å²) in [6.45, 7) is 11.1. The molecule has 2 heterocycles. The Balaban J connectivity index is -0.0000000862. The Morgan fingerprint density at radius 3 is 1.24 bits per heavy atom. The molecule has 1 unspecified atom stereocenters. The second-order valence-electron chi connectivity index (χ2n) is 14.1. The first-order chi connectivity index (χ1) is 30.5. The van der Waals surface area contributed by atoms with Gasteiger partial charge in [0.25, 0.3) is 0 Å². The molecule has 0 spiro atoms. The van der Waals surface area contributed by atoms with Gasteiger partial charge < -0.3 is 24.1 Å². The number of aliphatic hydroxyl groups excluding tert-OH is 1. The Kier molecular flexibility index (Phi) is 95.5. The van der Waals surface area contributed by atoms with Crippen LogP contribution in [0.5, 0.6) is 0 Å². The van der Waals surface area contributed by atoms with Gasteiger partial charge in [0.1, 0.15) is 6.61 Å². The van der Waals surface area contributed by atoms with Crippen molar-refractivity contribution in [2.45, 2.75) is 227 Å². The molecule has 0 aromatic heterocycles. The van der Waals surface area contributed by atoms with E-state index in [9.17, 15) is 33.3 Å². The van der Waals surface area contributed by atoms with Crippen molar-refractivity contribution in [3.63, 3.8) is 0 Å². The topological polar surface area (TPSA) is 252 Å². The van der Waals surface area contributed by atoms with Crippen LogP contribution >= 0.6 is 8.03 Å². The van der Waals surface area contributed by atoms with E-state index in [1.807, 2.05) is 20.8 Å². The molecule has 0 aliphatic carbocycles. The van der Waals surface area contributed by atoms with E-state index < -0.39 is 8.03 Å². The molecule has 70 heavy (non-hydrogen) atoms. The van der Waals surface area contributed by atoms with E-state index in [0.29, 0.717) is 136 Å². The van der Waals surface area contributed by atoms with Crippen LogP contribution in [0.4, 0.5) is 0 Å². The normalized spacial score (nSPS) is 11.8. The third-order valence-electron chi connectivity index (χ3n) is 7.91. The van der Waals surface area contributed by atoms with Gasteiger partial charge in [-0.15, -0.1) is 4.52 Å². The molecule has 2 aliphatic rings. The van der Waals surface area contributed by atoms with Crippen LogP contribution in [0, 0.1) is 0 Å². The Morgan fingerprint density at radius 1 is 0.500 bits per heavy atom. The van der Waals surface area contributed by atoms with Gasteiger partial charge in [-0.1, -0.05) is 72.8 Å². The summed E-state index contributed by atoms with van der Waals surface area (Å²) < 4.78 is 35.1. The number of cyclic esters (lactones) is 2. The van der Waals surface area contributed by atoms with Crippen LogP contribution in [0.1, 0.15) is 227 Å². The molecule has 2 rings (SSSR count). The van der Waals surface area contributed by atoms with Crippen LogP contribution < -0.4 is 0 Å². The summed E-state index contributed by atoms with van der Waals surface area (Å²) in [5.41, 5.74) is 0. The van der Waals surface area contributed by atoms with Gasteiger partial charge >= 0.3 is 43.8 Å². The molecule has 0 radical (unpaired) electrons. The lowest BCUT2D eigenvalue weighted by Crippen LogP contribution is -2.10. The van der Waals surface area contributed by atoms with Crippen molar-refractivity contribution in [1.29, 1.82) is 0 Å². The molecule has 0 aromatic rings. The summed E-state index contributed by atoms with van der Waals surface area (Å²) >= 11 is 0. The van der Waals surface area contributed by atoms with E-state index in [2.05, 4.69) is 29.2 Å². The lowest BCUT2D eigenvalue weighted by atomic mass is 10.2. The number of unbranched alkanes of at least 4 members (excludes halogenated alkanes) is 6. The minimum Gasteiger partial charge on any atom is -0.466 e. The zero-order valence-corrected chi connectivity index (χ0v) is 39.5. The Labute approximate surface area is 427 Å². The molecule has 2 saturated heterocycles. The van der Waals surface area contributed by atoms with Crippen molar-refractivity contribution in [2.75, 3.05) is 66.1 Å². The number of hydrogen-bond acceptors (Lipinski definition) is 19. The lowest BCUT2D eigenvalue weighted by Gasteiger charge is -2.08. The van der Waals surface area contributed by atoms with E-state index in [-0.39, 0.29) is 94.4 Å². The molecular weight excluding hydrogens is 936 g/mol. The van der Waals surface area contributed by atoms with E-state index in [1.165, 1.54) is 6.66 Å². The van der Waals surface area contributed by atoms with Crippen molar-refractivity contribution in [3.8, 4) is 0 Å². The largest absolute Gasteiger partial charge is 0.504 e. The first kappa shape index (κ1) is 89.5. The number of aliphatic hydroxyl groups is 1. The average molecular weight is 1040 g/mol. The molecule has 2 aliphatic heterocycles. The summed E-state index contributed by atoms with van der Waals surface area (Å²) in [7, 11) is -1.56. The molecule has 0 bridgehead atoms. The van der Waals surface area contributed by atoms with Gasteiger partial charge in [-0.3, -0.25) is 34.2 Å². The van der Waals surface area contributed by atoms with Crippen LogP contribution in [-0.2, 0) is 81.2 Å². The summed E-state index contributed by atoms with van der Waals surface area (Å²) in [6.07, 6.45) is 17.3. The highest BCUT2D eigenvalue weighted by Gasteiger charge is 2.10. The smallest absolute Gasteiger partial charge is 0.466 e. The molecule has 0 saturated carbocycles. The maximum atomic E-state index is 11.4. The van der Waals surface area contributed by atoms with Crippen LogP contribution in [0.25, 0.3) is 0 Å². The molecule has 0 aromatic carbocycles. The average Bonchev–Trinajstić information content (AvgIpc) is 3.52. The first-order valence-corrected chi connectivity index (χ1v) is 24.3. The van der Waals surface area contributed by atoms with Gasteiger partial charge in [0, 0.05) is 45.1 Å². The SMILES string of the molecule is C.C.C.C.C.C.C.CCCOO.CCCOOC(=O)CCCCCOC(=O)CCCCO.CCCOOC(=O)CCCCCOC(=O)CCCCO[P+](C)=O.O=C1CCCCCO1.O=C1CCCCO1. The summed E-state index contributed by atoms with van der Waals surface area (Å²) in [6, 6.07) is 0. The van der Waals surface area contributed by atoms with Gasteiger partial charge in [-0.25, -0.2) is 14.5 Å². The maximum absolute atomic E-state index is 11.4. The van der Waals surface area contributed by atoms with Gasteiger partial charge in [0.05, 0.1) is 46.2 Å². The summed E-state index contributed by atoms with van der Waals surface area (Å²) in [5.74, 6) is -1.26. The molecule has 2 N–H and O–H groups in total. The van der Waals surface area contributed by atoms with E-state index >= 15 is 0 Å². The predicted octanol–water partition coefficient (Wildman–Crippen LogP) is 12.8. The third kappa shape index (κ3) is 81.6. The Bertz CT molecular complexity index is 1080. The molecule has 0 amide bonds. The van der Waals surface area contributed by atoms with Crippen LogP contribution in [0.3, 0.4) is 0 Å². The van der Waals surface area contributed by atoms with Crippen molar-refractivity contribution in [1.82, 2.24) is 0 Å². The van der Waals surface area contributed by atoms with Crippen molar-refractivity contribution < 1.29 is 91.6 Å². The Hall–Kier alpha value is -3.32. The highest BCUT2D eigenvalue weighted by Crippen LogP contribution is 2.16. The fourth-order valence-corrected chi connectivity index (χ4v) is 4.94. The molecule has 1 atom stereocenters. The minimum atomic E-state index is -1.56. The second kappa shape index (κ2) is 74.6. The fourth-order valence-electron chi connectivity index (χ4n) is 4.55. The molecule has 426 valence electrons. The number of hydrogen-bond donors (Lipinski definition) is 2. The highest BCUT2D eigenvalue weighted by molar-refractivity contribution is 7.38. The minimum absolute atomic E-state index is 0. The van der Waals surface area contributed by atoms with Gasteiger partial charge in [-0.05, 0) is 120 Å². The standard InChI is InChI=1S/C15H28O7P.C14H26O6.C6H10O2.C5H8O2.C3H8O2.7CH4/c1-3-11-20-22-15(17)10-5-4-7-12-19-14(16)9-6-8-13-21-23(2)18;1-2-11-19-20-14(17)9-4-3-7-12-18-13(16)8-5-6-10-15;7-6-4-2-1-3-5-8-6;6-5-3-1-2-4-7-5;1-2-3-5-4;;;;;;;/h3-13H2,1-2H3;15H,2-12H2,1H3;1-5H2;1-4H2;4H,2-3H2,1H3;7*1H4/q+1;;;;;;;;;;;. The highest BCUT2D eigenvalue weighted by atomic mass is 31.1.